The van der Waals surface area contributed by atoms with Crippen LogP contribution in [-0.2, 0) is 11.2 Å². The number of nitrogens with one attached hydrogen (secondary N) is 1. The number of nitrogens with two attached hydrogens (primary N) is 1. The highest BCUT2D eigenvalue weighted by atomic mass is 32.1. The minimum Gasteiger partial charge on any atom is -0.476 e. The van der Waals surface area contributed by atoms with Crippen LogP contribution in [0.2, 0.25) is 0 Å². The molecule has 5 heterocycles. The van der Waals surface area contributed by atoms with Crippen LogP contribution >= 0.6 is 11.3 Å². The van der Waals surface area contributed by atoms with E-state index in [0.717, 1.165) is 116 Å². The van der Waals surface area contributed by atoms with Gasteiger partial charge in [-0.1, -0.05) is 37.3 Å². The molecule has 4 aromatic rings. The molecule has 324 valence electrons. The first kappa shape index (κ1) is 41.8. The Kier molecular flexibility index (Phi) is 11.0. The van der Waals surface area contributed by atoms with Crippen LogP contribution < -0.4 is 16.0 Å². The Labute approximate surface area is 363 Å². The molecule has 4 bridgehead atoms. The fourth-order valence-corrected chi connectivity index (χ4v) is 13.6. The van der Waals surface area contributed by atoms with Crippen molar-refractivity contribution in [3.63, 3.8) is 0 Å². The molecule has 0 radical (unpaired) electrons. The molecule has 0 amide bonds. The first-order valence-corrected chi connectivity index (χ1v) is 23.0. The van der Waals surface area contributed by atoms with Crippen molar-refractivity contribution in [1.29, 1.82) is 0 Å². The van der Waals surface area contributed by atoms with Crippen molar-refractivity contribution in [2.24, 2.45) is 27.0 Å². The van der Waals surface area contributed by atoms with Gasteiger partial charge in [0.1, 0.15) is 5.82 Å². The molecule has 4 aliphatic carbocycles. The summed E-state index contributed by atoms with van der Waals surface area (Å²) in [6.45, 7) is 21.0. The molecule has 1 aromatic carbocycles. The summed E-state index contributed by atoms with van der Waals surface area (Å²) in [6.07, 6.45) is 9.90. The number of carboxylic acids is 1. The maximum atomic E-state index is 13.0. The van der Waals surface area contributed by atoms with E-state index in [9.17, 15) is 9.90 Å². The number of aliphatic imine (C=N–C) groups is 1. The highest BCUT2D eigenvalue weighted by Crippen LogP contribution is 2.71. The molecule has 1 saturated heterocycles. The van der Waals surface area contributed by atoms with Crippen LogP contribution in [0, 0.1) is 23.2 Å². The number of fused-ring (bicyclic) bond motifs is 2. The van der Waals surface area contributed by atoms with Crippen molar-refractivity contribution in [3.8, 4) is 0 Å². The van der Waals surface area contributed by atoms with E-state index >= 15 is 0 Å². The number of thiazole rings is 1. The average molecular weight is 847 g/mol. The Bertz CT molecular complexity index is 2330. The van der Waals surface area contributed by atoms with Crippen molar-refractivity contribution < 1.29 is 14.6 Å². The molecule has 3 aromatic heterocycles. The number of aromatic carboxylic acids is 1. The second-order valence-electron chi connectivity index (χ2n) is 19.9. The zero-order valence-corrected chi connectivity index (χ0v) is 37.6. The topological polar surface area (TPSA) is 158 Å². The van der Waals surface area contributed by atoms with Crippen LogP contribution in [0.5, 0.6) is 0 Å². The SMILES string of the molecule is CC(=NCC12CC3(C)CC(C)(C1)CC(OCCN1CCN(C(C)C)CC1)(C3)C2)/C(=C\N)c1ccc(N2CCCc3c2nnc(Nc2nc4ccccc4s2)c3C)nc1C(=O)O. The van der Waals surface area contributed by atoms with Gasteiger partial charge in [-0.05, 0) is 120 Å². The highest BCUT2D eigenvalue weighted by molar-refractivity contribution is 7.22. The minimum atomic E-state index is -1.12. The zero-order valence-electron chi connectivity index (χ0n) is 36.8. The summed E-state index contributed by atoms with van der Waals surface area (Å²) in [5, 5.41) is 24.0. The van der Waals surface area contributed by atoms with E-state index in [1.165, 1.54) is 12.6 Å². The maximum Gasteiger partial charge on any atom is 0.355 e. The molecule has 61 heavy (non-hydrogen) atoms. The summed E-state index contributed by atoms with van der Waals surface area (Å²) < 4.78 is 8.16. The van der Waals surface area contributed by atoms with Crippen molar-refractivity contribution in [2.45, 2.75) is 105 Å². The lowest BCUT2D eigenvalue weighted by Crippen LogP contribution is -2.64. The smallest absolute Gasteiger partial charge is 0.355 e. The van der Waals surface area contributed by atoms with Crippen LogP contribution in [0.15, 0.2) is 47.6 Å². The van der Waals surface area contributed by atoms with Crippen molar-refractivity contribution in [2.75, 3.05) is 62.6 Å². The normalized spacial score (nSPS) is 28.2. The second kappa shape index (κ2) is 16.0. The first-order valence-electron chi connectivity index (χ1n) is 22.2. The van der Waals surface area contributed by atoms with E-state index < -0.39 is 5.97 Å². The number of piperazine rings is 1. The van der Waals surface area contributed by atoms with Gasteiger partial charge in [-0.15, -0.1) is 10.2 Å². The zero-order chi connectivity index (χ0) is 42.7. The van der Waals surface area contributed by atoms with Gasteiger partial charge in [0, 0.05) is 86.0 Å². The quantitative estimate of drug-likeness (QED) is 0.111. The van der Waals surface area contributed by atoms with Gasteiger partial charge in [-0.25, -0.2) is 14.8 Å². The third-order valence-corrected chi connectivity index (χ3v) is 15.3. The molecule has 4 N–H and O–H groups in total. The van der Waals surface area contributed by atoms with Crippen molar-refractivity contribution in [1.82, 2.24) is 30.0 Å². The van der Waals surface area contributed by atoms with E-state index in [4.69, 9.17) is 25.4 Å². The lowest BCUT2D eigenvalue weighted by Gasteiger charge is -2.69. The van der Waals surface area contributed by atoms with Gasteiger partial charge in [0.05, 0.1) is 22.4 Å². The molecular weight excluding hydrogens is 785 g/mol. The Hall–Kier alpha value is -4.50. The number of allylic oxidation sites excluding steroid dienone is 1. The molecule has 13 nitrogen and oxygen atoms in total. The molecule has 2 unspecified atom stereocenters. The number of ether oxygens (including phenoxy) is 1. The summed E-state index contributed by atoms with van der Waals surface area (Å²) in [4.78, 5) is 34.8. The molecule has 10 rings (SSSR count). The Morgan fingerprint density at radius 2 is 1.75 bits per heavy atom. The van der Waals surface area contributed by atoms with Crippen LogP contribution in [-0.4, -0.2) is 111 Å². The molecule has 4 saturated carbocycles. The molecular formula is C47H62N10O3S. The highest BCUT2D eigenvalue weighted by Gasteiger charge is 2.66. The van der Waals surface area contributed by atoms with Gasteiger partial charge in [0.2, 0.25) is 0 Å². The Morgan fingerprint density at radius 3 is 2.46 bits per heavy atom. The molecule has 6 aliphatic rings. The van der Waals surface area contributed by atoms with Gasteiger partial charge in [-0.3, -0.25) is 14.8 Å². The van der Waals surface area contributed by atoms with Gasteiger partial charge in [0.15, 0.2) is 22.5 Å². The number of para-hydroxylation sites is 1. The van der Waals surface area contributed by atoms with E-state index in [2.05, 4.69) is 59.1 Å². The van der Waals surface area contributed by atoms with Crippen molar-refractivity contribution in [3.05, 3.63) is 65.0 Å². The minimum absolute atomic E-state index is 0.0183. The largest absolute Gasteiger partial charge is 0.476 e. The van der Waals surface area contributed by atoms with Gasteiger partial charge in [-0.2, -0.15) is 0 Å². The van der Waals surface area contributed by atoms with E-state index in [0.29, 0.717) is 47.7 Å². The number of carboxylic acid groups (broad SMARTS) is 1. The lowest BCUT2D eigenvalue weighted by molar-refractivity contribution is -0.242. The number of pyridine rings is 1. The third-order valence-electron chi connectivity index (χ3n) is 14.4. The van der Waals surface area contributed by atoms with E-state index in [-0.39, 0.29) is 27.5 Å². The molecule has 5 fully saturated rings. The van der Waals surface area contributed by atoms with Gasteiger partial charge < -0.3 is 25.8 Å². The predicted molar refractivity (Wildman–Crippen MR) is 245 cm³/mol. The summed E-state index contributed by atoms with van der Waals surface area (Å²) in [7, 11) is 0. The van der Waals surface area contributed by atoms with Crippen LogP contribution in [0.1, 0.15) is 107 Å². The van der Waals surface area contributed by atoms with Gasteiger partial charge >= 0.3 is 5.97 Å². The molecule has 14 heteroatoms. The number of hydrogen-bond acceptors (Lipinski definition) is 13. The van der Waals surface area contributed by atoms with E-state index in [1.807, 2.05) is 49.1 Å². The monoisotopic (exact) mass is 846 g/mol. The lowest BCUT2D eigenvalue weighted by atomic mass is 9.39. The summed E-state index contributed by atoms with van der Waals surface area (Å²) in [5.74, 6) is 0.729. The number of benzene rings is 1. The average Bonchev–Trinajstić information content (AvgIpc) is 3.63. The Morgan fingerprint density at radius 1 is 1.00 bits per heavy atom. The first-order chi connectivity index (χ1) is 29.2. The van der Waals surface area contributed by atoms with Crippen LogP contribution in [0.4, 0.5) is 22.6 Å². The molecule has 2 aliphatic heterocycles. The summed E-state index contributed by atoms with van der Waals surface area (Å²) >= 11 is 1.57. The number of hydrogen-bond donors (Lipinski definition) is 3. The number of carbonyl (C=O) groups is 1. The molecule has 0 spiro atoms. The number of rotatable bonds is 13. The maximum absolute atomic E-state index is 13.0. The van der Waals surface area contributed by atoms with Gasteiger partial charge in [0.25, 0.3) is 0 Å². The third kappa shape index (κ3) is 8.16. The van der Waals surface area contributed by atoms with Crippen LogP contribution in [0.3, 0.4) is 0 Å². The predicted octanol–water partition coefficient (Wildman–Crippen LogP) is 8.24. The standard InChI is InChI=1S/C47H62N10O3S/c1-30(2)56-18-16-55(17-19-56)20-21-60-47-26-44(5)23-45(6,27-47)25-46(24-44,28-47)29-49-32(4)35(22-48)34-13-14-38(51-39(34)42(58)59)57-15-9-10-33-31(3)40(53-54-41(33)57)52-43-50-36-11-7-8-12-37(36)61-43/h7-8,11-14,22,30H,9-10,15-21,23-29,48H2,1-6H3,(H,58,59)(H,50,52,53)/b35-22+,49-32?. The van der Waals surface area contributed by atoms with Crippen molar-refractivity contribution >= 4 is 61.4 Å². The Balaban J connectivity index is 0.918. The fourth-order valence-electron chi connectivity index (χ4n) is 12.7. The van der Waals surface area contributed by atoms with E-state index in [1.54, 1.807) is 11.3 Å². The number of aromatic nitrogens is 4. The molecule has 2 atom stereocenters. The summed E-state index contributed by atoms with van der Waals surface area (Å²) in [5.41, 5.74) is 11.3. The van der Waals surface area contributed by atoms with Crippen LogP contribution in [0.25, 0.3) is 15.8 Å². The fraction of sp³-hybridized carbons (Fsp3) is 0.574. The number of anilines is 4. The second-order valence-corrected chi connectivity index (χ2v) is 20.9. The summed E-state index contributed by atoms with van der Waals surface area (Å²) in [6, 6.07) is 12.3. The number of nitrogens with zero attached hydrogens (tertiary/aromatic N) is 8.